The standard InChI is InChI=1S/C12H17N3O2/c1-8-4-10(9(2)15-14-8)11(16)13-5-12(3)6-17-7-12/h4H,5-7H2,1-3H3,(H,13,16). The Balaban J connectivity index is 2.01. The maximum atomic E-state index is 12.0. The van der Waals surface area contributed by atoms with E-state index in [1.165, 1.54) is 0 Å². The van der Waals surface area contributed by atoms with Crippen molar-refractivity contribution in [3.8, 4) is 0 Å². The topological polar surface area (TPSA) is 64.1 Å². The first kappa shape index (κ1) is 12.0. The molecule has 0 unspecified atom stereocenters. The van der Waals surface area contributed by atoms with Gasteiger partial charge in [-0.05, 0) is 19.9 Å². The predicted octanol–water partition coefficient (Wildman–Crippen LogP) is 0.860. The van der Waals surface area contributed by atoms with Gasteiger partial charge in [0, 0.05) is 12.0 Å². The molecule has 17 heavy (non-hydrogen) atoms. The molecule has 0 bridgehead atoms. The van der Waals surface area contributed by atoms with E-state index in [4.69, 9.17) is 4.74 Å². The van der Waals surface area contributed by atoms with Crippen LogP contribution in [0.3, 0.4) is 0 Å². The van der Waals surface area contributed by atoms with Gasteiger partial charge in [-0.3, -0.25) is 4.79 Å². The Kier molecular flexibility index (Phi) is 3.11. The summed E-state index contributed by atoms with van der Waals surface area (Å²) in [5.74, 6) is -0.0892. The molecule has 0 saturated carbocycles. The fourth-order valence-electron chi connectivity index (χ4n) is 1.72. The molecule has 1 aromatic rings. The number of aromatic nitrogens is 2. The average molecular weight is 235 g/mol. The minimum absolute atomic E-state index is 0.0824. The molecule has 0 radical (unpaired) electrons. The molecule has 1 aromatic heterocycles. The number of nitrogens with zero attached hydrogens (tertiary/aromatic N) is 2. The summed E-state index contributed by atoms with van der Waals surface area (Å²) in [4.78, 5) is 12.0. The van der Waals surface area contributed by atoms with E-state index >= 15 is 0 Å². The summed E-state index contributed by atoms with van der Waals surface area (Å²) in [5, 5.41) is 10.8. The zero-order valence-corrected chi connectivity index (χ0v) is 10.4. The highest BCUT2D eigenvalue weighted by atomic mass is 16.5. The molecule has 5 nitrogen and oxygen atoms in total. The fraction of sp³-hybridized carbons (Fsp3) is 0.583. The SMILES string of the molecule is Cc1cc(C(=O)NCC2(C)COC2)c(C)nn1. The summed E-state index contributed by atoms with van der Waals surface area (Å²) in [6.07, 6.45) is 0. The number of carbonyl (C=O) groups is 1. The number of ether oxygens (including phenoxy) is 1. The molecular formula is C12H17N3O2. The van der Waals surface area contributed by atoms with Crippen molar-refractivity contribution in [2.24, 2.45) is 5.41 Å². The van der Waals surface area contributed by atoms with E-state index in [1.807, 2.05) is 6.92 Å². The minimum Gasteiger partial charge on any atom is -0.380 e. The number of hydrogen-bond donors (Lipinski definition) is 1. The molecule has 1 N–H and O–H groups in total. The monoisotopic (exact) mass is 235 g/mol. The summed E-state index contributed by atoms with van der Waals surface area (Å²) in [5.41, 5.74) is 2.09. The van der Waals surface area contributed by atoms with E-state index in [0.29, 0.717) is 31.0 Å². The Morgan fingerprint density at radius 3 is 2.76 bits per heavy atom. The normalized spacial score (nSPS) is 17.4. The van der Waals surface area contributed by atoms with Gasteiger partial charge in [-0.1, -0.05) is 6.92 Å². The van der Waals surface area contributed by atoms with Crippen LogP contribution in [-0.2, 0) is 4.74 Å². The lowest BCUT2D eigenvalue weighted by Crippen LogP contribution is -2.48. The van der Waals surface area contributed by atoms with Crippen molar-refractivity contribution in [2.45, 2.75) is 20.8 Å². The molecule has 0 spiro atoms. The summed E-state index contributed by atoms with van der Waals surface area (Å²) in [6.45, 7) is 7.76. The van der Waals surface area contributed by atoms with Crippen molar-refractivity contribution in [1.82, 2.24) is 15.5 Å². The molecule has 2 rings (SSSR count). The van der Waals surface area contributed by atoms with Crippen molar-refractivity contribution in [3.63, 3.8) is 0 Å². The summed E-state index contributed by atoms with van der Waals surface area (Å²) in [6, 6.07) is 1.76. The van der Waals surface area contributed by atoms with E-state index in [2.05, 4.69) is 22.4 Å². The first-order valence-electron chi connectivity index (χ1n) is 5.67. The summed E-state index contributed by atoms with van der Waals surface area (Å²) < 4.78 is 5.15. The van der Waals surface area contributed by atoms with E-state index in [0.717, 1.165) is 5.69 Å². The third-order valence-electron chi connectivity index (χ3n) is 2.92. The van der Waals surface area contributed by atoms with Gasteiger partial charge in [0.15, 0.2) is 0 Å². The van der Waals surface area contributed by atoms with E-state index < -0.39 is 0 Å². The van der Waals surface area contributed by atoms with Crippen LogP contribution < -0.4 is 5.32 Å². The lowest BCUT2D eigenvalue weighted by atomic mass is 9.88. The molecule has 1 amide bonds. The molecule has 92 valence electrons. The molecule has 0 aliphatic carbocycles. The Hall–Kier alpha value is -1.49. The third-order valence-corrected chi connectivity index (χ3v) is 2.92. The first-order chi connectivity index (χ1) is 8.00. The van der Waals surface area contributed by atoms with Gasteiger partial charge in [-0.25, -0.2) is 0 Å². The number of rotatable bonds is 3. The molecular weight excluding hydrogens is 218 g/mol. The van der Waals surface area contributed by atoms with Crippen LogP contribution in [0, 0.1) is 19.3 Å². The highest BCUT2D eigenvalue weighted by Crippen LogP contribution is 2.25. The second-order valence-corrected chi connectivity index (χ2v) is 4.97. The van der Waals surface area contributed by atoms with Crippen LogP contribution in [0.15, 0.2) is 6.07 Å². The predicted molar refractivity (Wildman–Crippen MR) is 62.8 cm³/mol. The van der Waals surface area contributed by atoms with Gasteiger partial charge in [0.05, 0.1) is 30.2 Å². The minimum atomic E-state index is -0.0892. The lowest BCUT2D eigenvalue weighted by Gasteiger charge is -2.38. The lowest BCUT2D eigenvalue weighted by molar-refractivity contribution is -0.0978. The van der Waals surface area contributed by atoms with Crippen LogP contribution in [0.4, 0.5) is 0 Å². The largest absolute Gasteiger partial charge is 0.380 e. The Morgan fingerprint density at radius 2 is 2.18 bits per heavy atom. The quantitative estimate of drug-likeness (QED) is 0.844. The van der Waals surface area contributed by atoms with Crippen LogP contribution in [-0.4, -0.2) is 35.9 Å². The van der Waals surface area contributed by atoms with Gasteiger partial charge in [0.25, 0.3) is 5.91 Å². The van der Waals surface area contributed by atoms with Crippen LogP contribution in [0.5, 0.6) is 0 Å². The summed E-state index contributed by atoms with van der Waals surface area (Å²) in [7, 11) is 0. The Labute approximate surface area is 101 Å². The van der Waals surface area contributed by atoms with Gasteiger partial charge >= 0.3 is 0 Å². The van der Waals surface area contributed by atoms with Crippen molar-refractivity contribution in [1.29, 1.82) is 0 Å². The number of amides is 1. The van der Waals surface area contributed by atoms with Crippen LogP contribution in [0.2, 0.25) is 0 Å². The second-order valence-electron chi connectivity index (χ2n) is 4.97. The van der Waals surface area contributed by atoms with E-state index in [1.54, 1.807) is 13.0 Å². The first-order valence-corrected chi connectivity index (χ1v) is 5.67. The van der Waals surface area contributed by atoms with Crippen molar-refractivity contribution >= 4 is 5.91 Å². The van der Waals surface area contributed by atoms with E-state index in [9.17, 15) is 4.79 Å². The van der Waals surface area contributed by atoms with Gasteiger partial charge in [-0.15, -0.1) is 0 Å². The van der Waals surface area contributed by atoms with Crippen LogP contribution in [0.1, 0.15) is 28.7 Å². The maximum absolute atomic E-state index is 12.0. The van der Waals surface area contributed by atoms with Crippen LogP contribution in [0.25, 0.3) is 0 Å². The van der Waals surface area contributed by atoms with Crippen molar-refractivity contribution in [2.75, 3.05) is 19.8 Å². The van der Waals surface area contributed by atoms with Gasteiger partial charge < -0.3 is 10.1 Å². The van der Waals surface area contributed by atoms with Gasteiger partial charge in [0.1, 0.15) is 0 Å². The molecule has 2 heterocycles. The van der Waals surface area contributed by atoms with Crippen molar-refractivity contribution < 1.29 is 9.53 Å². The molecule has 1 aliphatic heterocycles. The second kappa shape index (κ2) is 4.41. The zero-order chi connectivity index (χ0) is 12.5. The third kappa shape index (κ3) is 2.61. The Morgan fingerprint density at radius 1 is 1.47 bits per heavy atom. The number of nitrogens with one attached hydrogen (secondary N) is 1. The molecule has 5 heteroatoms. The highest BCUT2D eigenvalue weighted by Gasteiger charge is 2.33. The molecule has 0 atom stereocenters. The maximum Gasteiger partial charge on any atom is 0.253 e. The smallest absolute Gasteiger partial charge is 0.253 e. The van der Waals surface area contributed by atoms with Gasteiger partial charge in [0.2, 0.25) is 0 Å². The fourth-order valence-corrected chi connectivity index (χ4v) is 1.72. The zero-order valence-electron chi connectivity index (χ0n) is 10.4. The highest BCUT2D eigenvalue weighted by molar-refractivity contribution is 5.95. The Bertz CT molecular complexity index is 441. The number of hydrogen-bond acceptors (Lipinski definition) is 4. The van der Waals surface area contributed by atoms with Gasteiger partial charge in [-0.2, -0.15) is 10.2 Å². The molecule has 0 aromatic carbocycles. The average Bonchev–Trinajstić information content (AvgIpc) is 2.26. The van der Waals surface area contributed by atoms with E-state index in [-0.39, 0.29) is 11.3 Å². The molecule has 1 aliphatic rings. The van der Waals surface area contributed by atoms with Crippen molar-refractivity contribution in [3.05, 3.63) is 23.0 Å². The molecule has 1 saturated heterocycles. The van der Waals surface area contributed by atoms with Crippen LogP contribution >= 0.6 is 0 Å². The number of carbonyl (C=O) groups excluding carboxylic acids is 1. The number of aryl methyl sites for hydroxylation is 2. The summed E-state index contributed by atoms with van der Waals surface area (Å²) >= 11 is 0. The molecule has 1 fully saturated rings.